The number of benzene rings is 1. The lowest BCUT2D eigenvalue weighted by Crippen LogP contribution is -2.24. The lowest BCUT2D eigenvalue weighted by Gasteiger charge is -2.20. The van der Waals surface area contributed by atoms with E-state index in [1.54, 1.807) is 22.3 Å². The molecule has 1 aliphatic heterocycles. The molecule has 1 aromatic carbocycles. The monoisotopic (exact) mass is 203 g/mol. The third-order valence-electron chi connectivity index (χ3n) is 3.37. The normalized spacial score (nSPS) is 17.5. The molecule has 0 saturated heterocycles. The van der Waals surface area contributed by atoms with Crippen LogP contribution < -0.4 is 5.32 Å². The molecule has 0 aromatic heterocycles. The molecule has 0 spiro atoms. The fourth-order valence-electron chi connectivity index (χ4n) is 2.70. The lowest BCUT2D eigenvalue weighted by molar-refractivity contribution is 0.639. The van der Waals surface area contributed by atoms with Crippen molar-refractivity contribution in [1.29, 1.82) is 0 Å². The third-order valence-corrected chi connectivity index (χ3v) is 3.37. The van der Waals surface area contributed by atoms with Crippen molar-refractivity contribution in [2.24, 2.45) is 0 Å². The molecule has 2 aliphatic rings. The van der Waals surface area contributed by atoms with Crippen molar-refractivity contribution in [3.63, 3.8) is 0 Å². The first-order chi connectivity index (χ1) is 7.45. The zero-order chi connectivity index (χ0) is 10.7. The minimum absolute atomic E-state index is 1.09. The zero-order valence-corrected chi connectivity index (χ0v) is 9.90. The van der Waals surface area contributed by atoms with Gasteiger partial charge < -0.3 is 5.32 Å². The first-order valence-electron chi connectivity index (χ1n) is 6.28. The summed E-state index contributed by atoms with van der Waals surface area (Å²) in [5.41, 5.74) is 6.54. The maximum Gasteiger partial charge on any atom is 0.0208 e. The van der Waals surface area contributed by atoms with Crippen LogP contribution >= 0.6 is 0 Å². The fourth-order valence-corrected chi connectivity index (χ4v) is 2.70. The topological polar surface area (TPSA) is 12.0 Å². The van der Waals surface area contributed by atoms with E-state index in [-0.39, 0.29) is 0 Å². The first kappa shape index (κ1) is 10.7. The average Bonchev–Trinajstić information content (AvgIpc) is 2.80. The summed E-state index contributed by atoms with van der Waals surface area (Å²) in [4.78, 5) is 0. The molecule has 0 unspecified atom stereocenters. The average molecular weight is 203 g/mol. The van der Waals surface area contributed by atoms with Crippen LogP contribution in [0.1, 0.15) is 42.5 Å². The van der Waals surface area contributed by atoms with Gasteiger partial charge in [-0.3, -0.25) is 0 Å². The Morgan fingerprint density at radius 1 is 0.933 bits per heavy atom. The minimum atomic E-state index is 1.09. The Kier molecular flexibility index (Phi) is 3.42. The molecule has 1 heterocycles. The van der Waals surface area contributed by atoms with Gasteiger partial charge in [-0.1, -0.05) is 26.0 Å². The molecule has 0 atom stereocenters. The zero-order valence-electron chi connectivity index (χ0n) is 9.90. The summed E-state index contributed by atoms with van der Waals surface area (Å²) in [6.07, 6.45) is 5.27. The molecule has 15 heavy (non-hydrogen) atoms. The van der Waals surface area contributed by atoms with Gasteiger partial charge in [-0.25, -0.2) is 0 Å². The highest BCUT2D eigenvalue weighted by atomic mass is 14.9. The van der Waals surface area contributed by atoms with Gasteiger partial charge >= 0.3 is 0 Å². The van der Waals surface area contributed by atoms with Crippen LogP contribution in [0.5, 0.6) is 0 Å². The summed E-state index contributed by atoms with van der Waals surface area (Å²) in [6.45, 7) is 6.26. The van der Waals surface area contributed by atoms with Gasteiger partial charge in [-0.2, -0.15) is 0 Å². The molecule has 1 aliphatic carbocycles. The Morgan fingerprint density at radius 2 is 1.67 bits per heavy atom. The second kappa shape index (κ2) is 4.80. The molecule has 1 aromatic rings. The van der Waals surface area contributed by atoms with Crippen LogP contribution in [-0.4, -0.2) is 6.54 Å². The molecule has 3 rings (SSSR count). The Balaban J connectivity index is 0.000000404. The number of fused-ring (bicyclic) bond motifs is 3. The van der Waals surface area contributed by atoms with E-state index in [1.807, 2.05) is 13.8 Å². The Labute approximate surface area is 92.9 Å². The SMILES string of the molecule is CC.c1cc2c(c3c1CCC3)CCNC2. The van der Waals surface area contributed by atoms with Crippen molar-refractivity contribution in [2.75, 3.05) is 6.54 Å². The van der Waals surface area contributed by atoms with E-state index < -0.39 is 0 Å². The van der Waals surface area contributed by atoms with Crippen molar-refractivity contribution in [3.05, 3.63) is 34.4 Å². The molecule has 82 valence electrons. The maximum absolute atomic E-state index is 3.43. The van der Waals surface area contributed by atoms with Crippen molar-refractivity contribution in [2.45, 2.75) is 46.1 Å². The second-order valence-electron chi connectivity index (χ2n) is 4.12. The molecule has 0 bridgehead atoms. The highest BCUT2D eigenvalue weighted by Crippen LogP contribution is 2.29. The maximum atomic E-state index is 3.43. The molecule has 1 nitrogen and oxygen atoms in total. The van der Waals surface area contributed by atoms with E-state index in [9.17, 15) is 0 Å². The molecule has 1 N–H and O–H groups in total. The van der Waals surface area contributed by atoms with E-state index in [2.05, 4.69) is 17.4 Å². The van der Waals surface area contributed by atoms with Gasteiger partial charge in [-0.05, 0) is 54.5 Å². The fraction of sp³-hybridized carbons (Fsp3) is 0.571. The van der Waals surface area contributed by atoms with Crippen LogP contribution in [0.25, 0.3) is 0 Å². The number of aryl methyl sites for hydroxylation is 1. The van der Waals surface area contributed by atoms with Crippen LogP contribution in [0.4, 0.5) is 0 Å². The Morgan fingerprint density at radius 3 is 2.53 bits per heavy atom. The summed E-state index contributed by atoms with van der Waals surface area (Å²) in [6, 6.07) is 4.67. The Bertz CT molecular complexity index is 341. The third kappa shape index (κ3) is 1.93. The number of rotatable bonds is 0. The highest BCUT2D eigenvalue weighted by molar-refractivity contribution is 5.44. The smallest absolute Gasteiger partial charge is 0.0208 e. The summed E-state index contributed by atoms with van der Waals surface area (Å²) >= 11 is 0. The number of hydrogen-bond donors (Lipinski definition) is 1. The van der Waals surface area contributed by atoms with Gasteiger partial charge in [0.05, 0.1) is 0 Å². The molecule has 0 amide bonds. The van der Waals surface area contributed by atoms with Crippen LogP contribution in [0.2, 0.25) is 0 Å². The van der Waals surface area contributed by atoms with Crippen molar-refractivity contribution >= 4 is 0 Å². The summed E-state index contributed by atoms with van der Waals surface area (Å²) < 4.78 is 0. The molecule has 1 heteroatoms. The van der Waals surface area contributed by atoms with E-state index >= 15 is 0 Å². The predicted molar refractivity (Wildman–Crippen MR) is 65.2 cm³/mol. The summed E-state index contributed by atoms with van der Waals surface area (Å²) in [5.74, 6) is 0. The number of hydrogen-bond acceptors (Lipinski definition) is 1. The van der Waals surface area contributed by atoms with Gasteiger partial charge in [0.2, 0.25) is 0 Å². The van der Waals surface area contributed by atoms with Crippen molar-refractivity contribution in [1.82, 2.24) is 5.32 Å². The lowest BCUT2D eigenvalue weighted by atomic mass is 9.93. The van der Waals surface area contributed by atoms with Crippen LogP contribution in [0.15, 0.2) is 12.1 Å². The van der Waals surface area contributed by atoms with Crippen LogP contribution in [0, 0.1) is 0 Å². The largest absolute Gasteiger partial charge is 0.312 e. The molecule has 0 radical (unpaired) electrons. The van der Waals surface area contributed by atoms with Crippen LogP contribution in [0.3, 0.4) is 0 Å². The molecular formula is C14H21N. The van der Waals surface area contributed by atoms with E-state index in [0.29, 0.717) is 0 Å². The second-order valence-corrected chi connectivity index (χ2v) is 4.12. The van der Waals surface area contributed by atoms with Crippen molar-refractivity contribution < 1.29 is 0 Å². The van der Waals surface area contributed by atoms with E-state index in [1.165, 1.54) is 32.2 Å². The van der Waals surface area contributed by atoms with Crippen molar-refractivity contribution in [3.8, 4) is 0 Å². The van der Waals surface area contributed by atoms with Crippen LogP contribution in [-0.2, 0) is 25.8 Å². The first-order valence-corrected chi connectivity index (χ1v) is 6.28. The standard InChI is InChI=1S/C12H15N.C2H6/c1-2-9-4-5-10-8-13-7-6-12(10)11(9)3-1;1-2/h4-5,13H,1-3,6-8H2;1-2H3. The quantitative estimate of drug-likeness (QED) is 0.683. The minimum Gasteiger partial charge on any atom is -0.312 e. The molecule has 0 saturated carbocycles. The highest BCUT2D eigenvalue weighted by Gasteiger charge is 2.18. The van der Waals surface area contributed by atoms with Gasteiger partial charge in [0.1, 0.15) is 0 Å². The summed E-state index contributed by atoms with van der Waals surface area (Å²) in [7, 11) is 0. The van der Waals surface area contributed by atoms with Gasteiger partial charge in [-0.15, -0.1) is 0 Å². The van der Waals surface area contributed by atoms with E-state index in [4.69, 9.17) is 0 Å². The molecule has 0 fully saturated rings. The van der Waals surface area contributed by atoms with Gasteiger partial charge in [0.25, 0.3) is 0 Å². The molecular weight excluding hydrogens is 182 g/mol. The predicted octanol–water partition coefficient (Wildman–Crippen LogP) is 2.85. The van der Waals surface area contributed by atoms with Gasteiger partial charge in [0, 0.05) is 6.54 Å². The van der Waals surface area contributed by atoms with Gasteiger partial charge in [0.15, 0.2) is 0 Å². The number of nitrogens with one attached hydrogen (secondary N) is 1. The van der Waals surface area contributed by atoms with E-state index in [0.717, 1.165) is 6.54 Å². The summed E-state index contributed by atoms with van der Waals surface area (Å²) in [5, 5.41) is 3.43. The Hall–Kier alpha value is -0.820.